The minimum atomic E-state index is -0.0828. The number of rotatable bonds is 4. The summed E-state index contributed by atoms with van der Waals surface area (Å²) in [6.45, 7) is 20.0. The van der Waals surface area contributed by atoms with Crippen LogP contribution < -0.4 is 0 Å². The van der Waals surface area contributed by atoms with Crippen molar-refractivity contribution in [2.45, 2.75) is 132 Å². The maximum absolute atomic E-state index is 10.3. The summed E-state index contributed by atoms with van der Waals surface area (Å²) in [5.41, 5.74) is 3.37. The zero-order valence-electron chi connectivity index (χ0n) is 22.8. The van der Waals surface area contributed by atoms with Crippen molar-refractivity contribution in [3.63, 3.8) is 0 Å². The van der Waals surface area contributed by atoms with Gasteiger partial charge in [0.05, 0.1) is 6.10 Å². The Hall–Kier alpha value is -0.300. The van der Waals surface area contributed by atoms with E-state index in [0.29, 0.717) is 21.7 Å². The number of allylic oxidation sites excluding steroid dienone is 1. The second-order valence-electron chi connectivity index (χ2n) is 15.2. The fraction of sp³-hybridized carbons (Fsp3) is 0.935. The SMILES string of the molecule is CC(C)(C)C(CCC[C@H]1CC[C@H]2[C@@H]3CC=C4C[C@@H](O)CC[C@]4(C)[C@H]3CC[C@]12C)C(C)(C)C. The molecule has 0 bridgehead atoms. The molecule has 0 spiro atoms. The van der Waals surface area contributed by atoms with Crippen molar-refractivity contribution in [3.05, 3.63) is 11.6 Å². The van der Waals surface area contributed by atoms with Gasteiger partial charge in [0.1, 0.15) is 0 Å². The highest BCUT2D eigenvalue weighted by Crippen LogP contribution is 2.66. The minimum absolute atomic E-state index is 0.0828. The standard InChI is InChI=1S/C31H54O/c1-28(2,3)27(29(4,5)6)11-9-10-21-13-15-25-24-14-12-22-20-23(32)16-18-31(22,8)26(24)17-19-30(21,25)7/h12,21,23-27,32H,9-11,13-20H2,1-8H3/t21-,23-,24-,25-,26-,30+,31-/m0/s1. The Bertz CT molecular complexity index is 691. The lowest BCUT2D eigenvalue weighted by Crippen LogP contribution is -2.50. The van der Waals surface area contributed by atoms with Crippen LogP contribution in [-0.4, -0.2) is 11.2 Å². The van der Waals surface area contributed by atoms with Crippen molar-refractivity contribution < 1.29 is 5.11 Å². The molecule has 4 aliphatic carbocycles. The van der Waals surface area contributed by atoms with Crippen LogP contribution in [0, 0.1) is 51.2 Å². The monoisotopic (exact) mass is 442 g/mol. The number of hydrogen-bond acceptors (Lipinski definition) is 1. The lowest BCUT2D eigenvalue weighted by Gasteiger charge is -2.58. The molecule has 0 aromatic carbocycles. The first-order valence-corrected chi connectivity index (χ1v) is 14.1. The fourth-order valence-corrected chi connectivity index (χ4v) is 9.96. The third kappa shape index (κ3) is 4.27. The van der Waals surface area contributed by atoms with Gasteiger partial charge in [0, 0.05) is 0 Å². The van der Waals surface area contributed by atoms with Gasteiger partial charge in [-0.2, -0.15) is 0 Å². The Labute approximate surface area is 200 Å². The lowest BCUT2D eigenvalue weighted by molar-refractivity contribution is -0.0513. The van der Waals surface area contributed by atoms with E-state index in [1.807, 2.05) is 0 Å². The van der Waals surface area contributed by atoms with Gasteiger partial charge in [-0.3, -0.25) is 0 Å². The van der Waals surface area contributed by atoms with Crippen molar-refractivity contribution in [2.75, 3.05) is 0 Å². The molecule has 3 saturated carbocycles. The van der Waals surface area contributed by atoms with E-state index in [-0.39, 0.29) is 6.10 Å². The molecule has 0 amide bonds. The molecule has 4 rings (SSSR count). The van der Waals surface area contributed by atoms with Gasteiger partial charge in [-0.15, -0.1) is 0 Å². The zero-order valence-corrected chi connectivity index (χ0v) is 22.8. The van der Waals surface area contributed by atoms with Crippen molar-refractivity contribution in [1.82, 2.24) is 0 Å². The maximum Gasteiger partial charge on any atom is 0.0577 e. The fourth-order valence-electron chi connectivity index (χ4n) is 9.96. The van der Waals surface area contributed by atoms with Gasteiger partial charge in [-0.1, -0.05) is 73.5 Å². The van der Waals surface area contributed by atoms with Gasteiger partial charge in [0.15, 0.2) is 0 Å². The summed E-state index contributed by atoms with van der Waals surface area (Å²) in [4.78, 5) is 0. The van der Waals surface area contributed by atoms with E-state index in [2.05, 4.69) is 61.5 Å². The van der Waals surface area contributed by atoms with Crippen LogP contribution in [0.4, 0.5) is 0 Å². The molecule has 0 aromatic rings. The summed E-state index contributed by atoms with van der Waals surface area (Å²) in [7, 11) is 0. The Balaban J connectivity index is 1.43. The number of aliphatic hydroxyl groups excluding tert-OH is 1. The topological polar surface area (TPSA) is 20.2 Å². The molecule has 0 unspecified atom stereocenters. The van der Waals surface area contributed by atoms with E-state index < -0.39 is 0 Å². The van der Waals surface area contributed by atoms with Gasteiger partial charge < -0.3 is 5.11 Å². The quantitative estimate of drug-likeness (QED) is 0.431. The Morgan fingerprint density at radius 2 is 1.62 bits per heavy atom. The molecule has 0 heterocycles. The average Bonchev–Trinajstić information content (AvgIpc) is 3.00. The summed E-state index contributed by atoms with van der Waals surface area (Å²) < 4.78 is 0. The van der Waals surface area contributed by atoms with Gasteiger partial charge in [-0.05, 0) is 115 Å². The van der Waals surface area contributed by atoms with Gasteiger partial charge >= 0.3 is 0 Å². The molecule has 184 valence electrons. The van der Waals surface area contributed by atoms with Crippen molar-refractivity contribution in [1.29, 1.82) is 0 Å². The molecule has 4 aliphatic rings. The zero-order chi connectivity index (χ0) is 23.5. The highest BCUT2D eigenvalue weighted by atomic mass is 16.3. The number of fused-ring (bicyclic) bond motifs is 5. The van der Waals surface area contributed by atoms with E-state index in [9.17, 15) is 5.11 Å². The van der Waals surface area contributed by atoms with Gasteiger partial charge in [0.2, 0.25) is 0 Å². The number of hydrogen-bond donors (Lipinski definition) is 1. The van der Waals surface area contributed by atoms with Gasteiger partial charge in [0.25, 0.3) is 0 Å². The summed E-state index contributed by atoms with van der Waals surface area (Å²) >= 11 is 0. The largest absolute Gasteiger partial charge is 0.393 e. The minimum Gasteiger partial charge on any atom is -0.393 e. The second kappa shape index (κ2) is 8.42. The Morgan fingerprint density at radius 3 is 2.28 bits per heavy atom. The first kappa shape index (κ1) is 24.8. The van der Waals surface area contributed by atoms with E-state index in [1.54, 1.807) is 5.57 Å². The van der Waals surface area contributed by atoms with E-state index in [0.717, 1.165) is 42.4 Å². The maximum atomic E-state index is 10.3. The summed E-state index contributed by atoms with van der Waals surface area (Å²) in [5.74, 6) is 4.45. The summed E-state index contributed by atoms with van der Waals surface area (Å²) in [5, 5.41) is 10.3. The lowest BCUT2D eigenvalue weighted by atomic mass is 9.47. The molecule has 7 atom stereocenters. The highest BCUT2D eigenvalue weighted by molar-refractivity contribution is 5.25. The van der Waals surface area contributed by atoms with Crippen LogP contribution in [-0.2, 0) is 0 Å². The van der Waals surface area contributed by atoms with Crippen LogP contribution in [0.1, 0.15) is 126 Å². The molecule has 0 aliphatic heterocycles. The third-order valence-electron chi connectivity index (χ3n) is 11.4. The predicted molar refractivity (Wildman–Crippen MR) is 137 cm³/mol. The molecule has 1 nitrogen and oxygen atoms in total. The smallest absolute Gasteiger partial charge is 0.0577 e. The van der Waals surface area contributed by atoms with Crippen molar-refractivity contribution in [3.8, 4) is 0 Å². The van der Waals surface area contributed by atoms with Crippen LogP contribution >= 0.6 is 0 Å². The molecule has 3 fully saturated rings. The highest BCUT2D eigenvalue weighted by Gasteiger charge is 2.58. The van der Waals surface area contributed by atoms with Crippen LogP contribution in [0.25, 0.3) is 0 Å². The molecular weight excluding hydrogens is 388 g/mol. The molecule has 0 aromatic heterocycles. The van der Waals surface area contributed by atoms with Crippen LogP contribution in [0.5, 0.6) is 0 Å². The van der Waals surface area contributed by atoms with Crippen molar-refractivity contribution >= 4 is 0 Å². The Kier molecular flexibility index (Phi) is 6.53. The van der Waals surface area contributed by atoms with Crippen LogP contribution in [0.3, 0.4) is 0 Å². The molecule has 32 heavy (non-hydrogen) atoms. The Morgan fingerprint density at radius 1 is 0.938 bits per heavy atom. The third-order valence-corrected chi connectivity index (χ3v) is 11.4. The molecule has 0 radical (unpaired) electrons. The summed E-state index contributed by atoms with van der Waals surface area (Å²) in [6.07, 6.45) is 17.1. The number of aliphatic hydroxyl groups is 1. The molecule has 1 heteroatoms. The van der Waals surface area contributed by atoms with Crippen LogP contribution in [0.2, 0.25) is 0 Å². The van der Waals surface area contributed by atoms with Crippen molar-refractivity contribution in [2.24, 2.45) is 51.2 Å². The molecular formula is C31H54O. The first-order chi connectivity index (χ1) is 14.8. The van der Waals surface area contributed by atoms with E-state index >= 15 is 0 Å². The average molecular weight is 443 g/mol. The molecule has 0 saturated heterocycles. The molecule has 1 N–H and O–H groups in total. The normalized spacial score (nSPS) is 42.3. The van der Waals surface area contributed by atoms with E-state index in [4.69, 9.17) is 0 Å². The second-order valence-corrected chi connectivity index (χ2v) is 15.2. The van der Waals surface area contributed by atoms with Crippen LogP contribution in [0.15, 0.2) is 11.6 Å². The van der Waals surface area contributed by atoms with E-state index in [1.165, 1.54) is 57.8 Å². The predicted octanol–water partition coefficient (Wildman–Crippen LogP) is 8.81. The first-order valence-electron chi connectivity index (χ1n) is 14.1. The summed E-state index contributed by atoms with van der Waals surface area (Å²) in [6, 6.07) is 0. The van der Waals surface area contributed by atoms with Gasteiger partial charge in [-0.25, -0.2) is 0 Å².